The smallest absolute Gasteiger partial charge is 0.333 e. The minimum absolute atomic E-state index is 0.0593. The largest absolute Gasteiger partial charge is 0.482 e. The van der Waals surface area contributed by atoms with Crippen molar-refractivity contribution >= 4 is 52.4 Å². The Bertz CT molecular complexity index is 2490. The van der Waals surface area contributed by atoms with Gasteiger partial charge in [0.05, 0.1) is 47.0 Å². The van der Waals surface area contributed by atoms with Crippen LogP contribution in [0, 0.1) is 17.8 Å². The summed E-state index contributed by atoms with van der Waals surface area (Å²) in [6, 6.07) is 6.99. The van der Waals surface area contributed by atoms with Crippen LogP contribution in [0.5, 0.6) is 17.2 Å². The normalized spacial score (nSPS) is 30.8. The first-order valence-corrected chi connectivity index (χ1v) is 21.6. The molecule has 1 spiro atoms. The van der Waals surface area contributed by atoms with Crippen molar-refractivity contribution in [1.29, 1.82) is 0 Å². The van der Waals surface area contributed by atoms with Crippen LogP contribution < -0.4 is 19.5 Å². The summed E-state index contributed by atoms with van der Waals surface area (Å²) >= 11 is 6.21. The number of halogens is 1. The molecule has 2 aromatic carbocycles. The predicted molar refractivity (Wildman–Crippen MR) is 230 cm³/mol. The lowest BCUT2D eigenvalue weighted by Crippen LogP contribution is -2.79. The van der Waals surface area contributed by atoms with E-state index in [-0.39, 0.29) is 24.0 Å². The van der Waals surface area contributed by atoms with Gasteiger partial charge in [-0.15, -0.1) is 11.6 Å². The molecule has 4 fully saturated rings. The summed E-state index contributed by atoms with van der Waals surface area (Å²) in [5.41, 5.74) is 2.17. The molecule has 1 aromatic heterocycles. The Labute approximate surface area is 356 Å². The summed E-state index contributed by atoms with van der Waals surface area (Å²) in [5.74, 6) is -0.738. The number of benzene rings is 2. The van der Waals surface area contributed by atoms with Gasteiger partial charge in [-0.3, -0.25) is 9.59 Å². The number of hydrogen-bond acceptors (Lipinski definition) is 10. The lowest BCUT2D eigenvalue weighted by molar-refractivity contribution is -0.223. The molecular formula is C48H54ClN3O8. The van der Waals surface area contributed by atoms with E-state index in [1.165, 1.54) is 12.7 Å². The second-order valence-corrected chi connectivity index (χ2v) is 18.9. The quantitative estimate of drug-likeness (QED) is 0.0694. The number of fused-ring (bicyclic) bond motifs is 6. The molecule has 11 nitrogen and oxygen atoms in total. The number of nitrogens with one attached hydrogen (secondary N) is 1. The third kappa shape index (κ3) is 5.70. The number of rotatable bonds is 10. The van der Waals surface area contributed by atoms with Crippen molar-refractivity contribution in [3.05, 3.63) is 82.0 Å². The molecule has 8 unspecified atom stereocenters. The highest BCUT2D eigenvalue weighted by Crippen LogP contribution is 2.76. The number of imidazole rings is 1. The molecule has 1 N–H and O–H groups in total. The van der Waals surface area contributed by atoms with Crippen molar-refractivity contribution in [1.82, 2.24) is 9.55 Å². The summed E-state index contributed by atoms with van der Waals surface area (Å²) < 4.78 is 35.9. The molecule has 0 radical (unpaired) electrons. The second kappa shape index (κ2) is 14.1. The van der Waals surface area contributed by atoms with Gasteiger partial charge in [0, 0.05) is 35.3 Å². The van der Waals surface area contributed by atoms with E-state index in [2.05, 4.69) is 56.7 Å². The zero-order chi connectivity index (χ0) is 42.7. The van der Waals surface area contributed by atoms with E-state index < -0.39 is 58.3 Å². The van der Waals surface area contributed by atoms with Gasteiger partial charge in [0.15, 0.2) is 22.7 Å². The topological polar surface area (TPSA) is 127 Å². The Morgan fingerprint density at radius 2 is 1.78 bits per heavy atom. The Balaban J connectivity index is 1.37. The van der Waals surface area contributed by atoms with E-state index in [1.807, 2.05) is 50.3 Å². The van der Waals surface area contributed by atoms with Crippen molar-refractivity contribution in [2.24, 2.45) is 17.8 Å². The van der Waals surface area contributed by atoms with Crippen LogP contribution in [0.2, 0.25) is 0 Å². The number of ether oxygens (including phenoxy) is 5. The average molecular weight is 836 g/mol. The molecular weight excluding hydrogens is 782 g/mol. The molecule has 3 aliphatic carbocycles. The number of carbonyl (C=O) groups excluding carboxylic acids is 3. The Morgan fingerprint density at radius 3 is 2.50 bits per heavy atom. The number of allylic oxidation sites excluding steroid dienone is 4. The molecule has 8 atom stereocenters. The van der Waals surface area contributed by atoms with Gasteiger partial charge in [-0.25, -0.2) is 9.78 Å². The summed E-state index contributed by atoms with van der Waals surface area (Å²) in [5, 5.41) is 3.86. The van der Waals surface area contributed by atoms with E-state index in [0.29, 0.717) is 59.2 Å². The number of hydrogen-bond donors (Lipinski definition) is 1. The zero-order valence-electron chi connectivity index (χ0n) is 35.9. The third-order valence-corrected chi connectivity index (χ3v) is 14.2. The number of aromatic nitrogens is 2. The fraction of sp³-hybridized carbons (Fsp3) is 0.500. The van der Waals surface area contributed by atoms with Crippen LogP contribution in [-0.4, -0.2) is 62.7 Å². The molecule has 3 aromatic rings. The zero-order valence-corrected chi connectivity index (χ0v) is 36.6. The highest BCUT2D eigenvalue weighted by Gasteiger charge is 2.86. The Hall–Kier alpha value is -4.87. The van der Waals surface area contributed by atoms with Gasteiger partial charge in [0.2, 0.25) is 5.95 Å². The van der Waals surface area contributed by atoms with Crippen LogP contribution in [-0.2, 0) is 30.3 Å². The fourth-order valence-corrected chi connectivity index (χ4v) is 11.6. The first-order valence-electron chi connectivity index (χ1n) is 21.1. The molecule has 12 heteroatoms. The van der Waals surface area contributed by atoms with Gasteiger partial charge in [-0.1, -0.05) is 41.5 Å². The highest BCUT2D eigenvalue weighted by atomic mass is 35.5. The number of ketones is 1. The van der Waals surface area contributed by atoms with E-state index in [0.717, 1.165) is 28.6 Å². The third-order valence-electron chi connectivity index (χ3n) is 13.9. The number of esters is 2. The summed E-state index contributed by atoms with van der Waals surface area (Å²) in [6.07, 6.45) is 12.7. The first kappa shape index (κ1) is 40.5. The highest BCUT2D eigenvalue weighted by molar-refractivity contribution is 6.26. The summed E-state index contributed by atoms with van der Waals surface area (Å²) in [4.78, 5) is 47.2. The number of nitrogens with zero attached hydrogens (tertiary/aromatic N) is 2. The van der Waals surface area contributed by atoms with Gasteiger partial charge in [0.1, 0.15) is 23.0 Å². The Kier molecular flexibility index (Phi) is 9.52. The molecule has 3 saturated carbocycles. The van der Waals surface area contributed by atoms with Crippen LogP contribution >= 0.6 is 11.6 Å². The molecule has 4 aliphatic heterocycles. The maximum Gasteiger partial charge on any atom is 0.333 e. The van der Waals surface area contributed by atoms with Crippen molar-refractivity contribution < 1.29 is 38.1 Å². The number of para-hydroxylation sites is 2. The second-order valence-electron chi connectivity index (χ2n) is 18.7. The number of Topliss-reactive ketones (excluding diaryl/α,β-unsaturated/α-hetero) is 1. The fourth-order valence-electron chi connectivity index (χ4n) is 11.5. The molecule has 316 valence electrons. The van der Waals surface area contributed by atoms with E-state index in [9.17, 15) is 9.59 Å². The SMILES string of the molecule is COC(=O)/C(C)=C\CC12OC(C)(C)C3CC(C1=O)C1C4C(Nc5nc6ccccc6n51)c1c(OC(=O)CCl)c5c(c(CC=C(C)C)c1OC432)OC(C)(CCC=C(C)C)C=C5. The van der Waals surface area contributed by atoms with Gasteiger partial charge >= 0.3 is 11.9 Å². The van der Waals surface area contributed by atoms with E-state index >= 15 is 4.79 Å². The molecule has 4 bridgehead atoms. The number of carbonyl (C=O) groups is 3. The van der Waals surface area contributed by atoms with Crippen molar-refractivity contribution in [3.8, 4) is 17.2 Å². The molecule has 7 aliphatic rings. The van der Waals surface area contributed by atoms with E-state index in [4.69, 9.17) is 40.3 Å². The van der Waals surface area contributed by atoms with Gasteiger partial charge in [-0.05, 0) is 105 Å². The number of anilines is 1. The summed E-state index contributed by atoms with van der Waals surface area (Å²) in [7, 11) is 1.35. The molecule has 60 heavy (non-hydrogen) atoms. The number of methoxy groups -OCH3 is 1. The van der Waals surface area contributed by atoms with Crippen LogP contribution in [0.4, 0.5) is 5.95 Å². The van der Waals surface area contributed by atoms with Gasteiger partial charge < -0.3 is 33.6 Å². The molecule has 1 saturated heterocycles. The monoisotopic (exact) mass is 835 g/mol. The van der Waals surface area contributed by atoms with Crippen molar-refractivity contribution in [2.75, 3.05) is 18.3 Å². The molecule has 5 heterocycles. The molecule has 0 amide bonds. The maximum atomic E-state index is 15.7. The minimum Gasteiger partial charge on any atom is -0.482 e. The summed E-state index contributed by atoms with van der Waals surface area (Å²) in [6.45, 7) is 16.1. The average Bonchev–Trinajstić information content (AvgIpc) is 3.64. The standard InChI is InChI=1S/C48H54ClN3O8/c1-25(2)13-12-20-46(8)21-19-29-39(58-46)28(17-16-26(3)4)41-35(40(29)57-34(53)24-49)37-36-38(52-32-15-11-10-14-31(32)50-44(52)51-37)30-23-33-45(6,7)60-47(42(30)54,48(33,36)59-41)22-18-27(5)43(55)56-9/h10-11,13-16,18-19,21,30,33,36-38H,12,17,20,22-24H2,1-9H3,(H,50,51)/b27-18-. The van der Waals surface area contributed by atoms with Crippen molar-refractivity contribution in [3.63, 3.8) is 0 Å². The van der Waals surface area contributed by atoms with Crippen molar-refractivity contribution in [2.45, 2.75) is 122 Å². The van der Waals surface area contributed by atoms with Gasteiger partial charge in [0.25, 0.3) is 0 Å². The van der Waals surface area contributed by atoms with E-state index in [1.54, 1.807) is 13.0 Å². The lowest BCUT2D eigenvalue weighted by atomic mass is 9.44. The molecule has 10 rings (SSSR count). The van der Waals surface area contributed by atoms with Crippen LogP contribution in [0.1, 0.15) is 110 Å². The van der Waals surface area contributed by atoms with Crippen LogP contribution in [0.25, 0.3) is 17.1 Å². The minimum atomic E-state index is -1.50. The van der Waals surface area contributed by atoms with Crippen LogP contribution in [0.3, 0.4) is 0 Å². The first-order chi connectivity index (χ1) is 28.5. The van der Waals surface area contributed by atoms with Gasteiger partial charge in [-0.2, -0.15) is 0 Å². The predicted octanol–water partition coefficient (Wildman–Crippen LogP) is 9.33. The lowest BCUT2D eigenvalue weighted by Gasteiger charge is -2.67. The Morgan fingerprint density at radius 1 is 1.03 bits per heavy atom. The maximum absolute atomic E-state index is 15.7. The van der Waals surface area contributed by atoms with Crippen LogP contribution in [0.15, 0.2) is 65.3 Å². The number of alkyl halides is 1.